The summed E-state index contributed by atoms with van der Waals surface area (Å²) in [5.41, 5.74) is 4.68. The summed E-state index contributed by atoms with van der Waals surface area (Å²) in [6.45, 7) is 6.44. The maximum atomic E-state index is 12.9. The Hall–Kier alpha value is -4.15. The van der Waals surface area contributed by atoms with Crippen LogP contribution in [-0.4, -0.2) is 38.3 Å². The maximum Gasteiger partial charge on any atom is 0.258 e. The van der Waals surface area contributed by atoms with Crippen LogP contribution < -0.4 is 11.1 Å². The van der Waals surface area contributed by atoms with Gasteiger partial charge in [-0.3, -0.25) is 23.3 Å². The zero-order valence-corrected chi connectivity index (χ0v) is 23.0. The molecule has 0 saturated carbocycles. The summed E-state index contributed by atoms with van der Waals surface area (Å²) >= 11 is 0. The minimum atomic E-state index is -3.33. The Kier molecular flexibility index (Phi) is 6.92. The first-order valence-electron chi connectivity index (χ1n) is 12.5. The van der Waals surface area contributed by atoms with Crippen LogP contribution in [0.15, 0.2) is 87.5 Å². The highest BCUT2D eigenvalue weighted by Gasteiger charge is 2.20. The number of sulfone groups is 1. The average molecular weight is 544 g/mol. The van der Waals surface area contributed by atoms with Crippen LogP contribution in [0.3, 0.4) is 0 Å². The molecule has 5 rings (SSSR count). The van der Waals surface area contributed by atoms with Gasteiger partial charge in [-0.2, -0.15) is 0 Å². The number of pyridine rings is 2. The van der Waals surface area contributed by atoms with Gasteiger partial charge < -0.3 is 0 Å². The number of aryl methyl sites for hydroxylation is 2. The lowest BCUT2D eigenvalue weighted by molar-refractivity contribution is 0.187. The van der Waals surface area contributed by atoms with Gasteiger partial charge in [0, 0.05) is 49.9 Å². The molecule has 4 heterocycles. The van der Waals surface area contributed by atoms with Crippen LogP contribution in [0.5, 0.6) is 0 Å². The van der Waals surface area contributed by atoms with Crippen LogP contribution in [0.4, 0.5) is 0 Å². The van der Waals surface area contributed by atoms with Gasteiger partial charge in [0.1, 0.15) is 11.3 Å². The Morgan fingerprint density at radius 1 is 0.769 bits per heavy atom. The first-order chi connectivity index (χ1) is 18.5. The molecule has 1 aromatic carbocycles. The van der Waals surface area contributed by atoms with Crippen LogP contribution in [0.25, 0.3) is 11.3 Å². The van der Waals surface area contributed by atoms with Crippen molar-refractivity contribution in [2.24, 2.45) is 0 Å². The zero-order chi connectivity index (χ0) is 27.9. The Balaban J connectivity index is 1.55. The van der Waals surface area contributed by atoms with E-state index < -0.39 is 9.84 Å². The summed E-state index contributed by atoms with van der Waals surface area (Å²) in [5.74, 6) is 0. The monoisotopic (exact) mass is 543 g/mol. The van der Waals surface area contributed by atoms with Crippen molar-refractivity contribution in [2.75, 3.05) is 6.26 Å². The normalized spacial score (nSPS) is 12.8. The second-order valence-corrected chi connectivity index (χ2v) is 12.0. The molecular formula is C29H29N5O4S. The van der Waals surface area contributed by atoms with E-state index >= 15 is 0 Å². The fraction of sp³-hybridized carbons (Fsp3) is 0.241. The van der Waals surface area contributed by atoms with Crippen molar-refractivity contribution in [3.05, 3.63) is 122 Å². The summed E-state index contributed by atoms with van der Waals surface area (Å²) in [6, 6.07) is 17.0. The highest BCUT2D eigenvalue weighted by atomic mass is 32.2. The molecule has 0 amide bonds. The second-order valence-electron chi connectivity index (χ2n) is 9.96. The molecule has 39 heavy (non-hydrogen) atoms. The van der Waals surface area contributed by atoms with Crippen molar-refractivity contribution in [1.82, 2.24) is 23.7 Å². The van der Waals surface area contributed by atoms with E-state index in [1.54, 1.807) is 36.7 Å². The van der Waals surface area contributed by atoms with E-state index in [-0.39, 0.29) is 22.1 Å². The minimum absolute atomic E-state index is 0.179. The standard InChI is InChI=1S/C29H29N5O4S/c1-19-5-11-26-30-23(13-28(35)33(26)15-19)17-32(21(3)22-7-9-25(10-8-22)39(4,37)38)18-24-14-29(36)34-16-20(2)6-12-27(34)31-24/h5-16,21H,17-18H2,1-4H3. The molecule has 0 aliphatic heterocycles. The number of nitrogens with zero attached hydrogens (tertiary/aromatic N) is 5. The molecule has 0 aliphatic carbocycles. The zero-order valence-electron chi connectivity index (χ0n) is 22.2. The third-order valence-corrected chi connectivity index (χ3v) is 7.92. The summed E-state index contributed by atoms with van der Waals surface area (Å²) in [4.78, 5) is 37.5. The number of hydrogen-bond acceptors (Lipinski definition) is 7. The summed E-state index contributed by atoms with van der Waals surface area (Å²) in [5, 5.41) is 0. The van der Waals surface area contributed by atoms with Crippen LogP contribution >= 0.6 is 0 Å². The molecule has 0 bridgehead atoms. The molecule has 1 atom stereocenters. The Morgan fingerprint density at radius 3 is 1.67 bits per heavy atom. The van der Waals surface area contributed by atoms with E-state index in [2.05, 4.69) is 4.90 Å². The molecule has 0 saturated heterocycles. The minimum Gasteiger partial charge on any atom is -0.285 e. The molecule has 10 heteroatoms. The number of rotatable bonds is 7. The fourth-order valence-corrected chi connectivity index (χ4v) is 5.26. The van der Waals surface area contributed by atoms with Crippen LogP contribution in [-0.2, 0) is 22.9 Å². The van der Waals surface area contributed by atoms with Gasteiger partial charge in [0.05, 0.1) is 16.3 Å². The predicted molar refractivity (Wildman–Crippen MR) is 150 cm³/mol. The largest absolute Gasteiger partial charge is 0.285 e. The molecule has 1 unspecified atom stereocenters. The van der Waals surface area contributed by atoms with Gasteiger partial charge in [-0.25, -0.2) is 18.4 Å². The summed E-state index contributed by atoms with van der Waals surface area (Å²) in [7, 11) is -3.33. The molecule has 5 aromatic rings. The van der Waals surface area contributed by atoms with Crippen molar-refractivity contribution >= 4 is 21.1 Å². The maximum absolute atomic E-state index is 12.9. The Morgan fingerprint density at radius 2 is 1.23 bits per heavy atom. The molecule has 0 aliphatic rings. The molecule has 0 N–H and O–H groups in total. The highest BCUT2D eigenvalue weighted by molar-refractivity contribution is 7.90. The van der Waals surface area contributed by atoms with Crippen LogP contribution in [0, 0.1) is 13.8 Å². The van der Waals surface area contributed by atoms with Crippen LogP contribution in [0.1, 0.15) is 41.0 Å². The Labute approximate surface area is 226 Å². The van der Waals surface area contributed by atoms with Crippen molar-refractivity contribution < 1.29 is 8.42 Å². The van der Waals surface area contributed by atoms with Crippen molar-refractivity contribution in [2.45, 2.75) is 44.8 Å². The molecule has 200 valence electrons. The van der Waals surface area contributed by atoms with E-state index in [0.29, 0.717) is 35.8 Å². The van der Waals surface area contributed by atoms with Gasteiger partial charge >= 0.3 is 0 Å². The third-order valence-electron chi connectivity index (χ3n) is 6.79. The Bertz CT molecular complexity index is 1830. The predicted octanol–water partition coefficient (Wildman–Crippen LogP) is 3.49. The first kappa shape index (κ1) is 26.5. The van der Waals surface area contributed by atoms with Gasteiger partial charge in [-0.15, -0.1) is 0 Å². The van der Waals surface area contributed by atoms with Gasteiger partial charge in [-0.1, -0.05) is 24.3 Å². The van der Waals surface area contributed by atoms with Crippen LogP contribution in [0.2, 0.25) is 0 Å². The smallest absolute Gasteiger partial charge is 0.258 e. The highest BCUT2D eigenvalue weighted by Crippen LogP contribution is 2.25. The quantitative estimate of drug-likeness (QED) is 0.309. The molecule has 0 spiro atoms. The molecule has 0 radical (unpaired) electrons. The molecule has 0 fully saturated rings. The number of fused-ring (bicyclic) bond motifs is 2. The van der Waals surface area contributed by atoms with E-state index in [9.17, 15) is 18.0 Å². The van der Waals surface area contributed by atoms with Crippen molar-refractivity contribution in [3.63, 3.8) is 0 Å². The second kappa shape index (κ2) is 10.2. The van der Waals surface area contributed by atoms with Crippen molar-refractivity contribution in [3.8, 4) is 0 Å². The topological polar surface area (TPSA) is 106 Å². The average Bonchev–Trinajstić information content (AvgIpc) is 2.88. The number of aromatic nitrogens is 4. The van der Waals surface area contributed by atoms with E-state index in [1.165, 1.54) is 27.2 Å². The SMILES string of the molecule is Cc1ccc2nc(CN(Cc3cc(=O)n4cc(C)ccc4n3)C(C)c3ccc(S(C)(=O)=O)cc3)cc(=O)n2c1. The number of benzene rings is 1. The summed E-state index contributed by atoms with van der Waals surface area (Å²) < 4.78 is 27.0. The van der Waals surface area contributed by atoms with E-state index in [0.717, 1.165) is 16.7 Å². The third kappa shape index (κ3) is 5.67. The lowest BCUT2D eigenvalue weighted by Crippen LogP contribution is -2.29. The van der Waals surface area contributed by atoms with Crippen molar-refractivity contribution in [1.29, 1.82) is 0 Å². The fourth-order valence-electron chi connectivity index (χ4n) is 4.63. The van der Waals surface area contributed by atoms with Gasteiger partial charge in [-0.05, 0) is 61.7 Å². The van der Waals surface area contributed by atoms with E-state index in [4.69, 9.17) is 9.97 Å². The van der Waals surface area contributed by atoms with Gasteiger partial charge in [0.2, 0.25) is 0 Å². The molecule has 9 nitrogen and oxygen atoms in total. The summed E-state index contributed by atoms with van der Waals surface area (Å²) in [6.07, 6.45) is 4.69. The lowest BCUT2D eigenvalue weighted by atomic mass is 10.1. The molecular weight excluding hydrogens is 514 g/mol. The first-order valence-corrected chi connectivity index (χ1v) is 14.4. The van der Waals surface area contributed by atoms with E-state index in [1.807, 2.05) is 45.0 Å². The molecule has 4 aromatic heterocycles. The van der Waals surface area contributed by atoms with Gasteiger partial charge in [0.25, 0.3) is 11.1 Å². The van der Waals surface area contributed by atoms with Gasteiger partial charge in [0.15, 0.2) is 9.84 Å². The lowest BCUT2D eigenvalue weighted by Gasteiger charge is -2.29. The number of hydrogen-bond donors (Lipinski definition) is 0.